The first kappa shape index (κ1) is 14.1. The Morgan fingerprint density at radius 2 is 2.05 bits per heavy atom. The molecule has 0 radical (unpaired) electrons. The Bertz CT molecular complexity index is 620. The number of methoxy groups -OCH3 is 1. The molecule has 2 rings (SSSR count). The Balaban J connectivity index is 2.06. The van der Waals surface area contributed by atoms with Crippen molar-refractivity contribution in [1.29, 1.82) is 0 Å². The first-order valence-electron chi connectivity index (χ1n) is 5.61. The zero-order chi connectivity index (χ0) is 14.5. The van der Waals surface area contributed by atoms with Gasteiger partial charge in [0.25, 0.3) is 0 Å². The van der Waals surface area contributed by atoms with E-state index >= 15 is 0 Å². The maximum Gasteiger partial charge on any atom is 0.411 e. The molecule has 5 nitrogen and oxygen atoms in total. The number of aromatic nitrogens is 1. The number of carbonyl (C=O) groups excluding carboxylic acids is 1. The van der Waals surface area contributed by atoms with Gasteiger partial charge in [0.15, 0.2) is 0 Å². The van der Waals surface area contributed by atoms with Crippen LogP contribution in [0.4, 0.5) is 26.4 Å². The van der Waals surface area contributed by atoms with Crippen molar-refractivity contribution in [3.05, 3.63) is 47.4 Å². The number of hydrogen-bond donors (Lipinski definition) is 2. The van der Waals surface area contributed by atoms with Crippen molar-refractivity contribution in [3.63, 3.8) is 0 Å². The molecule has 0 saturated carbocycles. The van der Waals surface area contributed by atoms with Gasteiger partial charge in [-0.2, -0.15) is 0 Å². The van der Waals surface area contributed by atoms with Gasteiger partial charge >= 0.3 is 6.09 Å². The fourth-order valence-electron chi connectivity index (χ4n) is 1.43. The first-order valence-corrected chi connectivity index (χ1v) is 5.99. The van der Waals surface area contributed by atoms with Gasteiger partial charge < -0.3 is 10.1 Å². The second-order valence-corrected chi connectivity index (χ2v) is 4.21. The molecule has 1 aromatic heterocycles. The summed E-state index contributed by atoms with van der Waals surface area (Å²) in [6, 6.07) is 7.57. The molecule has 0 atom stereocenters. The molecule has 20 heavy (non-hydrogen) atoms. The highest BCUT2D eigenvalue weighted by Gasteiger charge is 2.03. The van der Waals surface area contributed by atoms with Crippen LogP contribution in [-0.2, 0) is 4.74 Å². The molecule has 1 aromatic carbocycles. The third-order valence-electron chi connectivity index (χ3n) is 2.39. The molecular formula is C13H11ClFN3O2. The lowest BCUT2D eigenvalue weighted by atomic mass is 10.3. The second-order valence-electron chi connectivity index (χ2n) is 3.80. The lowest BCUT2D eigenvalue weighted by Crippen LogP contribution is -2.11. The normalized spacial score (nSPS) is 9.95. The number of amides is 1. The minimum absolute atomic E-state index is 0.0268. The summed E-state index contributed by atoms with van der Waals surface area (Å²) in [6.45, 7) is 0. The quantitative estimate of drug-likeness (QED) is 0.904. The highest BCUT2D eigenvalue weighted by Crippen LogP contribution is 2.22. The Hall–Kier alpha value is -2.34. The lowest BCUT2D eigenvalue weighted by Gasteiger charge is -2.07. The SMILES string of the molecule is COC(=O)Nc1ccc(Nc2ccc(F)c(Cl)c2)nc1. The molecule has 0 bridgehead atoms. The molecule has 7 heteroatoms. The van der Waals surface area contributed by atoms with Gasteiger partial charge in [0.05, 0.1) is 24.0 Å². The summed E-state index contributed by atoms with van der Waals surface area (Å²) in [4.78, 5) is 15.1. The largest absolute Gasteiger partial charge is 0.453 e. The summed E-state index contributed by atoms with van der Waals surface area (Å²) in [5, 5.41) is 5.46. The van der Waals surface area contributed by atoms with Crippen LogP contribution in [0.15, 0.2) is 36.5 Å². The number of nitrogens with one attached hydrogen (secondary N) is 2. The number of ether oxygens (including phenoxy) is 1. The Morgan fingerprint density at radius 3 is 2.65 bits per heavy atom. The van der Waals surface area contributed by atoms with Gasteiger partial charge in [0.2, 0.25) is 0 Å². The highest BCUT2D eigenvalue weighted by atomic mass is 35.5. The van der Waals surface area contributed by atoms with E-state index in [4.69, 9.17) is 11.6 Å². The van der Waals surface area contributed by atoms with Crippen molar-refractivity contribution in [2.45, 2.75) is 0 Å². The van der Waals surface area contributed by atoms with E-state index in [-0.39, 0.29) is 5.02 Å². The lowest BCUT2D eigenvalue weighted by molar-refractivity contribution is 0.187. The number of nitrogens with zero attached hydrogens (tertiary/aromatic N) is 1. The van der Waals surface area contributed by atoms with Gasteiger partial charge in [0.1, 0.15) is 11.6 Å². The molecule has 2 aromatic rings. The molecule has 0 aliphatic heterocycles. The van der Waals surface area contributed by atoms with E-state index in [2.05, 4.69) is 20.4 Å². The zero-order valence-corrected chi connectivity index (χ0v) is 11.2. The molecule has 2 N–H and O–H groups in total. The topological polar surface area (TPSA) is 63.2 Å². The number of rotatable bonds is 3. The highest BCUT2D eigenvalue weighted by molar-refractivity contribution is 6.31. The molecule has 0 fully saturated rings. The minimum Gasteiger partial charge on any atom is -0.453 e. The number of halogens is 2. The van der Waals surface area contributed by atoms with Gasteiger partial charge in [-0.25, -0.2) is 14.2 Å². The van der Waals surface area contributed by atoms with E-state index in [0.29, 0.717) is 17.2 Å². The number of carbonyl (C=O) groups is 1. The summed E-state index contributed by atoms with van der Waals surface area (Å²) in [7, 11) is 1.27. The molecule has 0 spiro atoms. The van der Waals surface area contributed by atoms with Gasteiger partial charge in [-0.15, -0.1) is 0 Å². The van der Waals surface area contributed by atoms with Crippen LogP contribution >= 0.6 is 11.6 Å². The third-order valence-corrected chi connectivity index (χ3v) is 2.68. The molecule has 1 heterocycles. The van der Waals surface area contributed by atoms with Crippen molar-refractivity contribution in [1.82, 2.24) is 4.98 Å². The van der Waals surface area contributed by atoms with E-state index in [0.717, 1.165) is 0 Å². The monoisotopic (exact) mass is 295 g/mol. The van der Waals surface area contributed by atoms with Crippen LogP contribution in [0.25, 0.3) is 0 Å². The van der Waals surface area contributed by atoms with Crippen LogP contribution in [-0.4, -0.2) is 18.2 Å². The maximum atomic E-state index is 13.0. The van der Waals surface area contributed by atoms with Crippen LogP contribution in [0, 0.1) is 5.82 Å². The zero-order valence-electron chi connectivity index (χ0n) is 10.5. The molecule has 0 unspecified atom stereocenters. The summed E-state index contributed by atoms with van der Waals surface area (Å²) < 4.78 is 17.5. The molecule has 0 aliphatic rings. The molecule has 1 amide bonds. The molecule has 0 aliphatic carbocycles. The predicted molar refractivity (Wildman–Crippen MR) is 75.0 cm³/mol. The molecule has 104 valence electrons. The van der Waals surface area contributed by atoms with E-state index in [1.807, 2.05) is 0 Å². The van der Waals surface area contributed by atoms with Gasteiger partial charge in [-0.05, 0) is 30.3 Å². The summed E-state index contributed by atoms with van der Waals surface area (Å²) in [5.41, 5.74) is 1.11. The van der Waals surface area contributed by atoms with Crippen LogP contribution in [0.1, 0.15) is 0 Å². The third kappa shape index (κ3) is 3.58. The smallest absolute Gasteiger partial charge is 0.411 e. The Morgan fingerprint density at radius 1 is 1.30 bits per heavy atom. The average molecular weight is 296 g/mol. The van der Waals surface area contributed by atoms with Crippen molar-refractivity contribution in [2.75, 3.05) is 17.7 Å². The van der Waals surface area contributed by atoms with Crippen molar-refractivity contribution in [3.8, 4) is 0 Å². The van der Waals surface area contributed by atoms with Crippen LogP contribution in [0.2, 0.25) is 5.02 Å². The van der Waals surface area contributed by atoms with Gasteiger partial charge in [-0.3, -0.25) is 5.32 Å². The van der Waals surface area contributed by atoms with E-state index < -0.39 is 11.9 Å². The summed E-state index contributed by atoms with van der Waals surface area (Å²) >= 11 is 5.68. The summed E-state index contributed by atoms with van der Waals surface area (Å²) in [5.74, 6) is 0.0471. The summed E-state index contributed by atoms with van der Waals surface area (Å²) in [6.07, 6.45) is 0.891. The van der Waals surface area contributed by atoms with Crippen LogP contribution in [0.3, 0.4) is 0 Å². The molecular weight excluding hydrogens is 285 g/mol. The molecule has 0 saturated heterocycles. The van der Waals surface area contributed by atoms with Gasteiger partial charge in [0, 0.05) is 5.69 Å². The fourth-order valence-corrected chi connectivity index (χ4v) is 1.61. The van der Waals surface area contributed by atoms with E-state index in [1.165, 1.54) is 25.4 Å². The number of benzene rings is 1. The van der Waals surface area contributed by atoms with Gasteiger partial charge in [-0.1, -0.05) is 11.6 Å². The average Bonchev–Trinajstić information content (AvgIpc) is 2.45. The Kier molecular flexibility index (Phi) is 4.37. The second kappa shape index (κ2) is 6.21. The van der Waals surface area contributed by atoms with Crippen molar-refractivity contribution in [2.24, 2.45) is 0 Å². The van der Waals surface area contributed by atoms with Crippen LogP contribution < -0.4 is 10.6 Å². The number of anilines is 3. The number of pyridine rings is 1. The standard InChI is InChI=1S/C13H11ClFN3O2/c1-20-13(19)18-9-3-5-12(16-7-9)17-8-2-4-11(15)10(14)6-8/h2-7H,1H3,(H,16,17)(H,18,19). The predicted octanol–water partition coefficient (Wildman–Crippen LogP) is 3.80. The van der Waals surface area contributed by atoms with Crippen molar-refractivity contribution < 1.29 is 13.9 Å². The maximum absolute atomic E-state index is 13.0. The van der Waals surface area contributed by atoms with Crippen molar-refractivity contribution >= 4 is 34.9 Å². The van der Waals surface area contributed by atoms with E-state index in [9.17, 15) is 9.18 Å². The van der Waals surface area contributed by atoms with E-state index in [1.54, 1.807) is 18.2 Å². The fraction of sp³-hybridized carbons (Fsp3) is 0.0769. The minimum atomic E-state index is -0.571. The number of hydrogen-bond acceptors (Lipinski definition) is 4. The van der Waals surface area contributed by atoms with Crippen LogP contribution in [0.5, 0.6) is 0 Å². The first-order chi connectivity index (χ1) is 9.58. The Labute approximate surface area is 119 Å².